The minimum Gasteiger partial charge on any atom is -0.401 e. The van der Waals surface area contributed by atoms with Gasteiger partial charge in [0.2, 0.25) is 0 Å². The molecule has 10 heteroatoms. The van der Waals surface area contributed by atoms with Crippen LogP contribution in [0.25, 0.3) is 0 Å². The van der Waals surface area contributed by atoms with E-state index in [1.807, 2.05) is 4.72 Å². The average Bonchev–Trinajstić information content (AvgIpc) is 2.65. The maximum Gasteiger partial charge on any atom is 0.417 e. The molecule has 0 bridgehead atoms. The van der Waals surface area contributed by atoms with Crippen LogP contribution in [-0.4, -0.2) is 14.6 Å². The maximum atomic E-state index is 13.0. The fraction of sp³-hybridized carbons (Fsp3) is 0.300. The van der Waals surface area contributed by atoms with Crippen LogP contribution in [0.15, 0.2) is 77.6 Å². The van der Waals surface area contributed by atoms with Crippen LogP contribution in [0.5, 0.6) is 0 Å². The van der Waals surface area contributed by atoms with Crippen LogP contribution in [0.2, 0.25) is 0 Å². The number of benzene rings is 1. The first-order chi connectivity index (χ1) is 13.9. The van der Waals surface area contributed by atoms with Crippen LogP contribution in [-0.2, 0) is 10.0 Å². The van der Waals surface area contributed by atoms with Crippen LogP contribution in [0.3, 0.4) is 0 Å². The van der Waals surface area contributed by atoms with Crippen molar-refractivity contribution < 1.29 is 21.6 Å². The number of anilines is 1. The number of allylic oxidation sites excluding steroid dienone is 5. The minimum atomic E-state index is -4.74. The standard InChI is InChI=1S/C20H27F3N4O2S/c1-4-5-7-16(20(21,22)23)13-26-30(28,29)19-9-6-8-18(12-19)27(25)14-17(24)11-10-15(2)3/h4-9,12-15,26H,1,10-11,24-25H2,2-3H3/b7-5-,16-13-,17-14-. The second-order valence-electron chi connectivity index (χ2n) is 6.85. The van der Waals surface area contributed by atoms with Crippen LogP contribution in [0, 0.1) is 5.92 Å². The third-order valence-electron chi connectivity index (χ3n) is 3.85. The van der Waals surface area contributed by atoms with E-state index in [2.05, 4.69) is 20.4 Å². The summed E-state index contributed by atoms with van der Waals surface area (Å²) in [4.78, 5) is -0.255. The van der Waals surface area contributed by atoms with Crippen LogP contribution in [0.1, 0.15) is 26.7 Å². The molecule has 0 aromatic heterocycles. The summed E-state index contributed by atoms with van der Waals surface area (Å²) in [6.45, 7) is 7.40. The lowest BCUT2D eigenvalue weighted by atomic mass is 10.1. The van der Waals surface area contributed by atoms with Crippen LogP contribution < -0.4 is 21.3 Å². The van der Waals surface area contributed by atoms with E-state index < -0.39 is 21.8 Å². The Balaban J connectivity index is 3.09. The molecule has 1 aromatic carbocycles. The summed E-state index contributed by atoms with van der Waals surface area (Å²) in [7, 11) is -4.27. The van der Waals surface area contributed by atoms with E-state index in [1.165, 1.54) is 29.4 Å². The van der Waals surface area contributed by atoms with Gasteiger partial charge in [-0.2, -0.15) is 13.2 Å². The van der Waals surface area contributed by atoms with Gasteiger partial charge < -0.3 is 5.73 Å². The molecule has 0 unspecified atom stereocenters. The summed E-state index contributed by atoms with van der Waals surface area (Å²) in [5, 5.41) is 1.17. The van der Waals surface area contributed by atoms with Gasteiger partial charge in [-0.3, -0.25) is 9.73 Å². The Kier molecular flexibility index (Phi) is 9.19. The van der Waals surface area contributed by atoms with E-state index in [0.717, 1.165) is 18.6 Å². The predicted octanol–water partition coefficient (Wildman–Crippen LogP) is 4.07. The van der Waals surface area contributed by atoms with Gasteiger partial charge in [-0.25, -0.2) is 14.3 Å². The highest BCUT2D eigenvalue weighted by Gasteiger charge is 2.32. The van der Waals surface area contributed by atoms with E-state index in [9.17, 15) is 21.6 Å². The van der Waals surface area contributed by atoms with Gasteiger partial charge in [0.05, 0.1) is 16.2 Å². The molecule has 0 radical (unpaired) electrons. The van der Waals surface area contributed by atoms with Gasteiger partial charge in [0.1, 0.15) is 0 Å². The number of hydrazine groups is 1. The first kappa shape index (κ1) is 25.3. The van der Waals surface area contributed by atoms with Gasteiger partial charge in [-0.05, 0) is 43.0 Å². The second-order valence-corrected chi connectivity index (χ2v) is 8.57. The maximum absolute atomic E-state index is 13.0. The van der Waals surface area contributed by atoms with Gasteiger partial charge >= 0.3 is 6.18 Å². The number of nitrogens with two attached hydrogens (primary N) is 2. The van der Waals surface area contributed by atoms with Crippen LogP contribution >= 0.6 is 0 Å². The topological polar surface area (TPSA) is 101 Å². The largest absolute Gasteiger partial charge is 0.417 e. The number of alkyl halides is 3. The van der Waals surface area contributed by atoms with Gasteiger partial charge in [0.25, 0.3) is 10.0 Å². The summed E-state index contributed by atoms with van der Waals surface area (Å²) < 4.78 is 65.7. The Morgan fingerprint density at radius 2 is 2.00 bits per heavy atom. The first-order valence-electron chi connectivity index (χ1n) is 9.05. The highest BCUT2D eigenvalue weighted by Crippen LogP contribution is 2.26. The lowest BCUT2D eigenvalue weighted by Crippen LogP contribution is -2.27. The quantitative estimate of drug-likeness (QED) is 0.287. The number of hydrogen-bond acceptors (Lipinski definition) is 5. The van der Waals surface area contributed by atoms with Crippen molar-refractivity contribution in [2.45, 2.75) is 37.8 Å². The summed E-state index contributed by atoms with van der Waals surface area (Å²) in [5.74, 6) is 6.39. The molecule has 0 saturated carbocycles. The van der Waals surface area contributed by atoms with Crippen molar-refractivity contribution in [3.8, 4) is 0 Å². The number of nitrogens with one attached hydrogen (secondary N) is 1. The molecule has 0 aliphatic rings. The van der Waals surface area contributed by atoms with Crippen molar-refractivity contribution >= 4 is 15.7 Å². The fourth-order valence-corrected chi connectivity index (χ4v) is 3.14. The Labute approximate surface area is 175 Å². The molecule has 0 atom stereocenters. The van der Waals surface area contributed by atoms with E-state index in [4.69, 9.17) is 11.6 Å². The highest BCUT2D eigenvalue weighted by molar-refractivity contribution is 7.89. The summed E-state index contributed by atoms with van der Waals surface area (Å²) in [6.07, 6.45) is 1.50. The lowest BCUT2D eigenvalue weighted by molar-refractivity contribution is -0.0884. The molecular weight excluding hydrogens is 417 g/mol. The van der Waals surface area contributed by atoms with E-state index >= 15 is 0 Å². The molecule has 0 heterocycles. The van der Waals surface area contributed by atoms with E-state index in [1.54, 1.807) is 6.07 Å². The zero-order valence-electron chi connectivity index (χ0n) is 16.9. The zero-order valence-corrected chi connectivity index (χ0v) is 17.7. The monoisotopic (exact) mass is 444 g/mol. The van der Waals surface area contributed by atoms with Gasteiger partial charge in [-0.15, -0.1) is 0 Å². The molecule has 0 amide bonds. The summed E-state index contributed by atoms with van der Waals surface area (Å²) >= 11 is 0. The van der Waals surface area contributed by atoms with Crippen molar-refractivity contribution in [3.63, 3.8) is 0 Å². The molecule has 0 spiro atoms. The number of hydrogen-bond donors (Lipinski definition) is 3. The van der Waals surface area contributed by atoms with Gasteiger partial charge in [0, 0.05) is 18.1 Å². The molecular formula is C20H27F3N4O2S. The SMILES string of the molecule is C=C/C=C\C(=C\NS(=O)(=O)c1cccc(N(N)/C=C(\N)CCC(C)C)c1)C(F)(F)F. The molecule has 5 N–H and O–H groups in total. The van der Waals surface area contributed by atoms with Gasteiger partial charge in [0.15, 0.2) is 0 Å². The average molecular weight is 445 g/mol. The Hall–Kier alpha value is -2.72. The number of rotatable bonds is 10. The minimum absolute atomic E-state index is 0.255. The predicted molar refractivity (Wildman–Crippen MR) is 113 cm³/mol. The third kappa shape index (κ3) is 8.34. The molecule has 0 fully saturated rings. The first-order valence-corrected chi connectivity index (χ1v) is 10.5. The van der Waals surface area contributed by atoms with Crippen molar-refractivity contribution in [1.29, 1.82) is 0 Å². The molecule has 0 saturated heterocycles. The highest BCUT2D eigenvalue weighted by atomic mass is 32.2. The molecule has 166 valence electrons. The number of sulfonamides is 1. The van der Waals surface area contributed by atoms with Crippen molar-refractivity contribution in [2.24, 2.45) is 17.5 Å². The number of nitrogens with zero attached hydrogens (tertiary/aromatic N) is 1. The van der Waals surface area contributed by atoms with Gasteiger partial charge in [-0.1, -0.05) is 38.6 Å². The molecule has 1 aromatic rings. The summed E-state index contributed by atoms with van der Waals surface area (Å²) in [6, 6.07) is 5.45. The van der Waals surface area contributed by atoms with Crippen molar-refractivity contribution in [3.05, 3.63) is 72.7 Å². The molecule has 6 nitrogen and oxygen atoms in total. The zero-order chi connectivity index (χ0) is 22.9. The molecule has 1 rings (SSSR count). The third-order valence-corrected chi connectivity index (χ3v) is 5.15. The Morgan fingerprint density at radius 3 is 2.57 bits per heavy atom. The number of halogens is 3. The van der Waals surface area contributed by atoms with Crippen LogP contribution in [0.4, 0.5) is 18.9 Å². The normalized spacial score (nSPS) is 13.7. The molecule has 30 heavy (non-hydrogen) atoms. The Morgan fingerprint density at radius 1 is 1.33 bits per heavy atom. The molecule has 0 aliphatic carbocycles. The molecule has 0 aliphatic heterocycles. The second kappa shape index (κ2) is 10.9. The van der Waals surface area contributed by atoms with Crippen molar-refractivity contribution in [2.75, 3.05) is 5.01 Å². The van der Waals surface area contributed by atoms with E-state index in [-0.39, 0.29) is 4.90 Å². The Bertz CT molecular complexity index is 920. The summed E-state index contributed by atoms with van der Waals surface area (Å²) in [5.41, 5.74) is 5.57. The smallest absolute Gasteiger partial charge is 0.401 e. The lowest BCUT2D eigenvalue weighted by Gasteiger charge is -2.17. The fourth-order valence-electron chi connectivity index (χ4n) is 2.19. The van der Waals surface area contributed by atoms with Crippen molar-refractivity contribution in [1.82, 2.24) is 4.72 Å². The van der Waals surface area contributed by atoms with E-state index in [0.29, 0.717) is 36.0 Å².